The first-order chi connectivity index (χ1) is 6.84. The summed E-state index contributed by atoms with van der Waals surface area (Å²) < 4.78 is 0. The molecule has 0 aromatic carbocycles. The van der Waals surface area contributed by atoms with Crippen molar-refractivity contribution in [3.05, 3.63) is 18.6 Å². The zero-order valence-corrected chi connectivity index (χ0v) is 8.61. The minimum Gasteiger partial charge on any atom is -0.369 e. The van der Waals surface area contributed by atoms with Gasteiger partial charge in [0.25, 0.3) is 0 Å². The Balaban J connectivity index is 1.78. The van der Waals surface area contributed by atoms with E-state index in [-0.39, 0.29) is 0 Å². The van der Waals surface area contributed by atoms with Crippen LogP contribution in [0, 0.1) is 11.8 Å². The van der Waals surface area contributed by atoms with Crippen molar-refractivity contribution in [3.63, 3.8) is 0 Å². The molecule has 1 heterocycles. The molecule has 0 bridgehead atoms. The highest BCUT2D eigenvalue weighted by Crippen LogP contribution is 2.30. The first kappa shape index (κ1) is 9.44. The maximum Gasteiger partial charge on any atom is 0.144 e. The smallest absolute Gasteiger partial charge is 0.144 e. The van der Waals surface area contributed by atoms with Gasteiger partial charge in [-0.3, -0.25) is 4.98 Å². The van der Waals surface area contributed by atoms with Crippen molar-refractivity contribution in [2.75, 3.05) is 11.9 Å². The Labute approximate surface area is 85.0 Å². The molecule has 76 valence electrons. The third-order valence-corrected chi connectivity index (χ3v) is 2.94. The Bertz CT molecular complexity index is 273. The summed E-state index contributed by atoms with van der Waals surface area (Å²) in [4.78, 5) is 8.20. The monoisotopic (exact) mass is 191 g/mol. The van der Waals surface area contributed by atoms with Crippen LogP contribution in [0.15, 0.2) is 18.6 Å². The SMILES string of the molecule is CC1CCC(CNc2cnccn2)C1. The largest absolute Gasteiger partial charge is 0.369 e. The molecular weight excluding hydrogens is 174 g/mol. The predicted molar refractivity (Wildman–Crippen MR) is 57.0 cm³/mol. The molecule has 3 nitrogen and oxygen atoms in total. The van der Waals surface area contributed by atoms with Gasteiger partial charge in [-0.2, -0.15) is 0 Å². The Hall–Kier alpha value is -1.12. The number of aromatic nitrogens is 2. The van der Waals surface area contributed by atoms with Crippen molar-refractivity contribution in [2.45, 2.75) is 26.2 Å². The van der Waals surface area contributed by atoms with Crippen LogP contribution in [0.4, 0.5) is 5.82 Å². The maximum absolute atomic E-state index is 4.19. The Morgan fingerprint density at radius 2 is 2.36 bits per heavy atom. The van der Waals surface area contributed by atoms with E-state index in [0.29, 0.717) is 0 Å². The van der Waals surface area contributed by atoms with Gasteiger partial charge in [-0.1, -0.05) is 13.3 Å². The molecule has 1 N–H and O–H groups in total. The molecule has 0 spiro atoms. The molecule has 0 saturated heterocycles. The summed E-state index contributed by atoms with van der Waals surface area (Å²) >= 11 is 0. The first-order valence-electron chi connectivity index (χ1n) is 5.34. The lowest BCUT2D eigenvalue weighted by Gasteiger charge is -2.10. The standard InChI is InChI=1S/C11H17N3/c1-9-2-3-10(6-9)7-14-11-8-12-4-5-13-11/h4-5,8-10H,2-3,6-7H2,1H3,(H,13,14). The van der Waals surface area contributed by atoms with E-state index < -0.39 is 0 Å². The zero-order valence-electron chi connectivity index (χ0n) is 8.61. The molecule has 1 aliphatic rings. The molecule has 1 fully saturated rings. The lowest BCUT2D eigenvalue weighted by Crippen LogP contribution is -2.12. The fourth-order valence-electron chi connectivity index (χ4n) is 2.15. The Kier molecular flexibility index (Phi) is 2.96. The van der Waals surface area contributed by atoms with Gasteiger partial charge in [-0.25, -0.2) is 4.98 Å². The van der Waals surface area contributed by atoms with Crippen molar-refractivity contribution < 1.29 is 0 Å². The summed E-state index contributed by atoms with van der Waals surface area (Å²) in [7, 11) is 0. The van der Waals surface area contributed by atoms with Gasteiger partial charge in [0.05, 0.1) is 6.20 Å². The highest BCUT2D eigenvalue weighted by molar-refractivity contribution is 5.29. The average Bonchev–Trinajstić information content (AvgIpc) is 2.63. The summed E-state index contributed by atoms with van der Waals surface area (Å²) in [5, 5.41) is 3.33. The third-order valence-electron chi connectivity index (χ3n) is 2.94. The molecule has 2 atom stereocenters. The van der Waals surface area contributed by atoms with Crippen molar-refractivity contribution in [1.29, 1.82) is 0 Å². The normalized spacial score (nSPS) is 26.4. The molecule has 1 aromatic rings. The van der Waals surface area contributed by atoms with Gasteiger partial charge in [0, 0.05) is 18.9 Å². The minimum absolute atomic E-state index is 0.826. The second-order valence-electron chi connectivity index (χ2n) is 4.26. The number of nitrogens with zero attached hydrogens (tertiary/aromatic N) is 2. The molecular formula is C11H17N3. The van der Waals surface area contributed by atoms with Crippen LogP contribution < -0.4 is 5.32 Å². The molecule has 0 radical (unpaired) electrons. The van der Waals surface area contributed by atoms with Crippen molar-refractivity contribution in [2.24, 2.45) is 11.8 Å². The zero-order chi connectivity index (χ0) is 9.80. The van der Waals surface area contributed by atoms with E-state index in [4.69, 9.17) is 0 Å². The summed E-state index contributed by atoms with van der Waals surface area (Å²) in [5.74, 6) is 2.63. The van der Waals surface area contributed by atoms with Crippen molar-refractivity contribution in [3.8, 4) is 0 Å². The van der Waals surface area contributed by atoms with Gasteiger partial charge in [-0.15, -0.1) is 0 Å². The van der Waals surface area contributed by atoms with E-state index in [2.05, 4.69) is 22.2 Å². The topological polar surface area (TPSA) is 37.8 Å². The summed E-state index contributed by atoms with van der Waals surface area (Å²) in [6.45, 7) is 3.38. The van der Waals surface area contributed by atoms with E-state index >= 15 is 0 Å². The molecule has 14 heavy (non-hydrogen) atoms. The number of anilines is 1. The molecule has 1 saturated carbocycles. The second-order valence-corrected chi connectivity index (χ2v) is 4.26. The molecule has 0 amide bonds. The van der Waals surface area contributed by atoms with Gasteiger partial charge in [0.1, 0.15) is 5.82 Å². The third kappa shape index (κ3) is 2.44. The van der Waals surface area contributed by atoms with Crippen LogP contribution in [0.3, 0.4) is 0 Å². The van der Waals surface area contributed by atoms with E-state index in [1.54, 1.807) is 18.6 Å². The Morgan fingerprint density at radius 3 is 3.00 bits per heavy atom. The molecule has 2 rings (SSSR count). The van der Waals surface area contributed by atoms with Gasteiger partial charge in [0.15, 0.2) is 0 Å². The summed E-state index contributed by atoms with van der Waals surface area (Å²) in [5.41, 5.74) is 0. The highest BCUT2D eigenvalue weighted by Gasteiger charge is 2.20. The predicted octanol–water partition coefficient (Wildman–Crippen LogP) is 2.32. The second kappa shape index (κ2) is 4.40. The summed E-state index contributed by atoms with van der Waals surface area (Å²) in [6, 6.07) is 0. The molecule has 2 unspecified atom stereocenters. The van der Waals surface area contributed by atoms with E-state index in [1.807, 2.05) is 0 Å². The quantitative estimate of drug-likeness (QED) is 0.796. The lowest BCUT2D eigenvalue weighted by atomic mass is 10.1. The number of hydrogen-bond donors (Lipinski definition) is 1. The fourth-order valence-corrected chi connectivity index (χ4v) is 2.15. The van der Waals surface area contributed by atoms with Crippen LogP contribution >= 0.6 is 0 Å². The van der Waals surface area contributed by atoms with Gasteiger partial charge >= 0.3 is 0 Å². The van der Waals surface area contributed by atoms with Crippen LogP contribution in [-0.2, 0) is 0 Å². The van der Waals surface area contributed by atoms with Gasteiger partial charge < -0.3 is 5.32 Å². The molecule has 1 aromatic heterocycles. The van der Waals surface area contributed by atoms with Crippen LogP contribution in [0.5, 0.6) is 0 Å². The average molecular weight is 191 g/mol. The summed E-state index contributed by atoms with van der Waals surface area (Å²) in [6.07, 6.45) is 9.29. The molecule has 1 aliphatic carbocycles. The van der Waals surface area contributed by atoms with Crippen LogP contribution in [0.25, 0.3) is 0 Å². The molecule has 3 heteroatoms. The van der Waals surface area contributed by atoms with Crippen molar-refractivity contribution >= 4 is 5.82 Å². The number of hydrogen-bond acceptors (Lipinski definition) is 3. The number of nitrogens with one attached hydrogen (secondary N) is 1. The molecule has 0 aliphatic heterocycles. The van der Waals surface area contributed by atoms with E-state index in [1.165, 1.54) is 19.3 Å². The van der Waals surface area contributed by atoms with Gasteiger partial charge in [-0.05, 0) is 24.7 Å². The van der Waals surface area contributed by atoms with Crippen LogP contribution in [0.1, 0.15) is 26.2 Å². The lowest BCUT2D eigenvalue weighted by molar-refractivity contribution is 0.536. The van der Waals surface area contributed by atoms with E-state index in [0.717, 1.165) is 24.2 Å². The van der Waals surface area contributed by atoms with Crippen molar-refractivity contribution in [1.82, 2.24) is 9.97 Å². The minimum atomic E-state index is 0.826. The first-order valence-corrected chi connectivity index (χ1v) is 5.34. The van der Waals surface area contributed by atoms with E-state index in [9.17, 15) is 0 Å². The fraction of sp³-hybridized carbons (Fsp3) is 0.636. The van der Waals surface area contributed by atoms with Crippen LogP contribution in [0.2, 0.25) is 0 Å². The highest BCUT2D eigenvalue weighted by atomic mass is 15.0. The maximum atomic E-state index is 4.19. The van der Waals surface area contributed by atoms with Gasteiger partial charge in [0.2, 0.25) is 0 Å². The Morgan fingerprint density at radius 1 is 1.43 bits per heavy atom. The number of rotatable bonds is 3. The van der Waals surface area contributed by atoms with Crippen LogP contribution in [-0.4, -0.2) is 16.5 Å².